The van der Waals surface area contributed by atoms with Crippen molar-refractivity contribution in [3.63, 3.8) is 0 Å². The fraction of sp³-hybridized carbons (Fsp3) is 0.111. The number of carbonyl (C=O) groups excluding carboxylic acids is 1. The molecule has 0 bridgehead atoms. The maximum atomic E-state index is 11.2. The molecular weight excluding hydrogens is 212 g/mol. The van der Waals surface area contributed by atoms with Gasteiger partial charge in [0.05, 0.1) is 12.2 Å². The Kier molecular flexibility index (Phi) is 4.36. The molecule has 0 aliphatic carbocycles. The summed E-state index contributed by atoms with van der Waals surface area (Å²) in [5.74, 6) is -0.244. The van der Waals surface area contributed by atoms with E-state index in [1.54, 1.807) is 0 Å². The highest BCUT2D eigenvalue weighted by molar-refractivity contribution is 7.80. The Bertz CT molecular complexity index is 341. The molecule has 0 heterocycles. The molecule has 1 rings (SSSR count). The van der Waals surface area contributed by atoms with Crippen LogP contribution in [0.25, 0.3) is 0 Å². The van der Waals surface area contributed by atoms with Crippen molar-refractivity contribution in [2.75, 3.05) is 12.0 Å². The number of hydrogen-bond donors (Lipinski definition) is 4. The smallest absolute Gasteiger partial charge is 0.257 e. The first-order valence-electron chi connectivity index (χ1n) is 4.31. The normalized spacial score (nSPS) is 9.07. The molecule has 1 aromatic rings. The number of carbonyl (C=O) groups is 1. The Morgan fingerprint density at radius 2 is 2.00 bits per heavy atom. The number of nitrogens with two attached hydrogens (primary N) is 1. The van der Waals surface area contributed by atoms with Gasteiger partial charge in [-0.3, -0.25) is 15.6 Å². The van der Waals surface area contributed by atoms with Crippen LogP contribution in [0.4, 0.5) is 5.69 Å². The second-order valence-electron chi connectivity index (χ2n) is 2.76. The lowest BCUT2D eigenvalue weighted by Crippen LogP contribution is -2.41. The van der Waals surface area contributed by atoms with Gasteiger partial charge >= 0.3 is 0 Å². The molecule has 0 radical (unpaired) electrons. The maximum absolute atomic E-state index is 11.2. The Morgan fingerprint density at radius 3 is 2.60 bits per heavy atom. The minimum absolute atomic E-state index is 0.0508. The number of hydrazine groups is 1. The molecule has 0 atom stereocenters. The molecule has 0 aromatic heterocycles. The average molecular weight is 224 g/mol. The van der Waals surface area contributed by atoms with Gasteiger partial charge in [-0.05, 0) is 24.4 Å². The molecule has 0 saturated heterocycles. The first kappa shape index (κ1) is 11.3. The highest BCUT2D eigenvalue weighted by Gasteiger charge is 1.99. The Hall–Kier alpha value is -1.82. The molecule has 6 heteroatoms. The predicted molar refractivity (Wildman–Crippen MR) is 63.0 cm³/mol. The van der Waals surface area contributed by atoms with Gasteiger partial charge in [0.15, 0.2) is 5.11 Å². The molecule has 0 fully saturated rings. The van der Waals surface area contributed by atoms with Crippen LogP contribution >= 0.6 is 12.2 Å². The van der Waals surface area contributed by atoms with Crippen molar-refractivity contribution >= 4 is 28.9 Å². The Morgan fingerprint density at radius 1 is 1.33 bits per heavy atom. The van der Waals surface area contributed by atoms with Crippen molar-refractivity contribution in [3.8, 4) is 0 Å². The standard InChI is InChI=1S/C9H12N4OS/c10-9(15)11-6-8(14)13-12-7-4-2-1-3-5-7/h1-5,12H,6H2,(H,13,14)(H3,10,11,15). The zero-order chi connectivity index (χ0) is 11.1. The third-order valence-electron chi connectivity index (χ3n) is 1.54. The molecule has 0 aliphatic heterocycles. The first-order chi connectivity index (χ1) is 7.18. The van der Waals surface area contributed by atoms with E-state index in [0.717, 1.165) is 5.69 Å². The Labute approximate surface area is 93.0 Å². The van der Waals surface area contributed by atoms with Crippen molar-refractivity contribution in [3.05, 3.63) is 30.3 Å². The second kappa shape index (κ2) is 5.82. The minimum Gasteiger partial charge on any atom is -0.376 e. The SMILES string of the molecule is NC(=S)NCC(=O)NNc1ccccc1. The van der Waals surface area contributed by atoms with Gasteiger partial charge in [-0.1, -0.05) is 18.2 Å². The second-order valence-corrected chi connectivity index (χ2v) is 3.20. The number of para-hydroxylation sites is 1. The van der Waals surface area contributed by atoms with Crippen LogP contribution in [0.2, 0.25) is 0 Å². The van der Waals surface area contributed by atoms with Gasteiger partial charge < -0.3 is 11.1 Å². The van der Waals surface area contributed by atoms with Crippen LogP contribution in [0.3, 0.4) is 0 Å². The van der Waals surface area contributed by atoms with Crippen molar-refractivity contribution in [2.45, 2.75) is 0 Å². The molecule has 15 heavy (non-hydrogen) atoms. The fourth-order valence-electron chi connectivity index (χ4n) is 0.875. The van der Waals surface area contributed by atoms with E-state index in [-0.39, 0.29) is 17.6 Å². The van der Waals surface area contributed by atoms with E-state index < -0.39 is 0 Å². The zero-order valence-corrected chi connectivity index (χ0v) is 8.80. The van der Waals surface area contributed by atoms with Crippen LogP contribution in [-0.2, 0) is 4.79 Å². The van der Waals surface area contributed by atoms with Crippen molar-refractivity contribution in [1.82, 2.24) is 10.7 Å². The summed E-state index contributed by atoms with van der Waals surface area (Å²) in [6, 6.07) is 9.29. The highest BCUT2D eigenvalue weighted by atomic mass is 32.1. The summed E-state index contributed by atoms with van der Waals surface area (Å²) in [4.78, 5) is 11.2. The minimum atomic E-state index is -0.244. The van der Waals surface area contributed by atoms with Crippen molar-refractivity contribution < 1.29 is 4.79 Å². The van der Waals surface area contributed by atoms with Gasteiger partial charge in [-0.15, -0.1) is 0 Å². The van der Waals surface area contributed by atoms with E-state index >= 15 is 0 Å². The Balaban J connectivity index is 2.26. The monoisotopic (exact) mass is 224 g/mol. The predicted octanol–water partition coefficient (Wildman–Crippen LogP) is -0.0371. The van der Waals surface area contributed by atoms with Gasteiger partial charge in [-0.2, -0.15) is 0 Å². The lowest BCUT2D eigenvalue weighted by Gasteiger charge is -2.08. The summed E-state index contributed by atoms with van der Waals surface area (Å²) in [6.45, 7) is 0.0508. The lowest BCUT2D eigenvalue weighted by molar-refractivity contribution is -0.119. The number of rotatable bonds is 4. The van der Waals surface area contributed by atoms with E-state index in [0.29, 0.717) is 0 Å². The molecule has 1 amide bonds. The average Bonchev–Trinajstić information content (AvgIpc) is 2.25. The van der Waals surface area contributed by atoms with Crippen LogP contribution in [0.5, 0.6) is 0 Å². The van der Waals surface area contributed by atoms with Gasteiger partial charge in [0, 0.05) is 0 Å². The number of amides is 1. The number of anilines is 1. The molecular formula is C9H12N4OS. The molecule has 0 aliphatic rings. The van der Waals surface area contributed by atoms with Crippen LogP contribution in [0, 0.1) is 0 Å². The zero-order valence-electron chi connectivity index (χ0n) is 7.99. The molecule has 0 spiro atoms. The number of benzene rings is 1. The third kappa shape index (κ3) is 4.82. The number of thiocarbonyl (C=S) groups is 1. The third-order valence-corrected chi connectivity index (χ3v) is 1.69. The summed E-state index contributed by atoms with van der Waals surface area (Å²) in [5, 5.41) is 2.64. The van der Waals surface area contributed by atoms with E-state index in [9.17, 15) is 4.79 Å². The summed E-state index contributed by atoms with van der Waals surface area (Å²) in [5.41, 5.74) is 11.2. The molecule has 80 valence electrons. The van der Waals surface area contributed by atoms with Crippen LogP contribution in [0.1, 0.15) is 0 Å². The van der Waals surface area contributed by atoms with Crippen LogP contribution < -0.4 is 21.9 Å². The first-order valence-corrected chi connectivity index (χ1v) is 4.72. The van der Waals surface area contributed by atoms with E-state index in [2.05, 4.69) is 28.4 Å². The summed E-state index contributed by atoms with van der Waals surface area (Å²) in [6.07, 6.45) is 0. The van der Waals surface area contributed by atoms with Crippen molar-refractivity contribution in [1.29, 1.82) is 0 Å². The quantitative estimate of drug-likeness (QED) is 0.426. The molecule has 0 saturated carbocycles. The summed E-state index contributed by atoms with van der Waals surface area (Å²) >= 11 is 4.56. The molecule has 1 aromatic carbocycles. The van der Waals surface area contributed by atoms with Crippen LogP contribution in [0.15, 0.2) is 30.3 Å². The molecule has 0 unspecified atom stereocenters. The maximum Gasteiger partial charge on any atom is 0.257 e. The summed E-state index contributed by atoms with van der Waals surface area (Å²) in [7, 11) is 0. The van der Waals surface area contributed by atoms with E-state index in [4.69, 9.17) is 5.73 Å². The van der Waals surface area contributed by atoms with Crippen LogP contribution in [-0.4, -0.2) is 17.6 Å². The topological polar surface area (TPSA) is 79.2 Å². The highest BCUT2D eigenvalue weighted by Crippen LogP contribution is 2.01. The molecule has 5 nitrogen and oxygen atoms in total. The lowest BCUT2D eigenvalue weighted by atomic mass is 10.3. The van der Waals surface area contributed by atoms with Gasteiger partial charge in [0.1, 0.15) is 0 Å². The van der Waals surface area contributed by atoms with Crippen molar-refractivity contribution in [2.24, 2.45) is 5.73 Å². The van der Waals surface area contributed by atoms with Gasteiger partial charge in [0.2, 0.25) is 0 Å². The number of nitrogens with one attached hydrogen (secondary N) is 3. The van der Waals surface area contributed by atoms with Gasteiger partial charge in [-0.25, -0.2) is 0 Å². The molecule has 5 N–H and O–H groups in total. The number of hydrogen-bond acceptors (Lipinski definition) is 3. The van der Waals surface area contributed by atoms with E-state index in [1.807, 2.05) is 30.3 Å². The van der Waals surface area contributed by atoms with Gasteiger partial charge in [0.25, 0.3) is 5.91 Å². The fourth-order valence-corrected chi connectivity index (χ4v) is 0.947. The summed E-state index contributed by atoms with van der Waals surface area (Å²) < 4.78 is 0. The largest absolute Gasteiger partial charge is 0.376 e. The van der Waals surface area contributed by atoms with E-state index in [1.165, 1.54) is 0 Å².